The van der Waals surface area contributed by atoms with E-state index in [1.165, 1.54) is 17.2 Å². The third-order valence-electron chi connectivity index (χ3n) is 3.91. The number of nitrogens with one attached hydrogen (secondary N) is 1. The molecule has 0 saturated carbocycles. The monoisotopic (exact) mass is 265 g/mol. The first-order valence-electron chi connectivity index (χ1n) is 7.56. The Kier molecular flexibility index (Phi) is 4.99. The van der Waals surface area contributed by atoms with Crippen LogP contribution in [0.3, 0.4) is 0 Å². The van der Waals surface area contributed by atoms with Crippen LogP contribution >= 0.6 is 0 Å². The van der Waals surface area contributed by atoms with Crippen molar-refractivity contribution >= 4 is 0 Å². The van der Waals surface area contributed by atoms with E-state index in [4.69, 9.17) is 9.72 Å². The van der Waals surface area contributed by atoms with Crippen molar-refractivity contribution in [2.45, 2.75) is 53.1 Å². The smallest absolute Gasteiger partial charge is 0.109 e. The maximum absolute atomic E-state index is 5.71. The summed E-state index contributed by atoms with van der Waals surface area (Å²) in [6.07, 6.45) is 2.07. The molecule has 1 aliphatic heterocycles. The Bertz CT molecular complexity index is 412. The van der Waals surface area contributed by atoms with Gasteiger partial charge in [0.15, 0.2) is 0 Å². The minimum Gasteiger partial charge on any atom is -0.380 e. The number of rotatable bonds is 6. The lowest BCUT2D eigenvalue weighted by molar-refractivity contribution is 0.0941. The number of nitrogens with zero attached hydrogens (tertiary/aromatic N) is 2. The topological polar surface area (TPSA) is 39.1 Å². The third kappa shape index (κ3) is 3.00. The van der Waals surface area contributed by atoms with Gasteiger partial charge in [0.05, 0.1) is 18.3 Å². The maximum atomic E-state index is 5.71. The van der Waals surface area contributed by atoms with Crippen LogP contribution in [0.15, 0.2) is 0 Å². The van der Waals surface area contributed by atoms with Gasteiger partial charge in [0.2, 0.25) is 0 Å². The van der Waals surface area contributed by atoms with E-state index in [1.54, 1.807) is 0 Å². The molecular weight excluding hydrogens is 238 g/mol. The van der Waals surface area contributed by atoms with Crippen LogP contribution in [0.2, 0.25) is 0 Å². The number of aryl methyl sites for hydroxylation is 1. The van der Waals surface area contributed by atoms with Gasteiger partial charge in [-0.1, -0.05) is 20.8 Å². The first kappa shape index (κ1) is 14.5. The summed E-state index contributed by atoms with van der Waals surface area (Å²) in [6.45, 7) is 12.3. The summed E-state index contributed by atoms with van der Waals surface area (Å²) in [5.41, 5.74) is 2.67. The average molecular weight is 265 g/mol. The van der Waals surface area contributed by atoms with Crippen LogP contribution in [0.1, 0.15) is 50.9 Å². The molecule has 19 heavy (non-hydrogen) atoms. The largest absolute Gasteiger partial charge is 0.380 e. The highest BCUT2D eigenvalue weighted by Gasteiger charge is 2.26. The van der Waals surface area contributed by atoms with E-state index in [0.29, 0.717) is 12.0 Å². The minimum atomic E-state index is 0.407. The minimum absolute atomic E-state index is 0.407. The predicted molar refractivity (Wildman–Crippen MR) is 77.4 cm³/mol. The molecule has 1 atom stereocenters. The highest BCUT2D eigenvalue weighted by Crippen LogP contribution is 2.26. The van der Waals surface area contributed by atoms with Crippen molar-refractivity contribution in [3.05, 3.63) is 17.2 Å². The lowest BCUT2D eigenvalue weighted by Gasteiger charge is -2.27. The number of ether oxygens (including phenoxy) is 1. The number of fused-ring (bicyclic) bond motifs is 1. The van der Waals surface area contributed by atoms with Gasteiger partial charge >= 0.3 is 0 Å². The fourth-order valence-electron chi connectivity index (χ4n) is 2.83. The van der Waals surface area contributed by atoms with E-state index in [0.717, 1.165) is 39.1 Å². The molecule has 4 heteroatoms. The SMILES string of the molecule is CCOCC(C(C)C)n1c(CC)nc2c1CCNC2. The molecule has 108 valence electrons. The fourth-order valence-corrected chi connectivity index (χ4v) is 2.83. The Morgan fingerprint density at radius 2 is 2.16 bits per heavy atom. The van der Waals surface area contributed by atoms with E-state index in [-0.39, 0.29) is 0 Å². The Balaban J connectivity index is 2.36. The lowest BCUT2D eigenvalue weighted by atomic mass is 10.0. The summed E-state index contributed by atoms with van der Waals surface area (Å²) in [4.78, 5) is 4.83. The number of hydrogen-bond acceptors (Lipinski definition) is 3. The second kappa shape index (κ2) is 6.53. The summed E-state index contributed by atoms with van der Waals surface area (Å²) in [5, 5.41) is 3.41. The quantitative estimate of drug-likeness (QED) is 0.858. The van der Waals surface area contributed by atoms with E-state index in [2.05, 4.69) is 37.6 Å². The zero-order valence-corrected chi connectivity index (χ0v) is 12.7. The van der Waals surface area contributed by atoms with Gasteiger partial charge in [0.25, 0.3) is 0 Å². The Hall–Kier alpha value is -0.870. The van der Waals surface area contributed by atoms with Crippen LogP contribution < -0.4 is 5.32 Å². The van der Waals surface area contributed by atoms with E-state index < -0.39 is 0 Å². The van der Waals surface area contributed by atoms with Gasteiger partial charge in [-0.3, -0.25) is 0 Å². The van der Waals surface area contributed by atoms with E-state index in [9.17, 15) is 0 Å². The zero-order valence-electron chi connectivity index (χ0n) is 12.7. The Morgan fingerprint density at radius 1 is 1.37 bits per heavy atom. The van der Waals surface area contributed by atoms with Crippen LogP contribution in [0.5, 0.6) is 0 Å². The molecule has 2 rings (SSSR count). The number of aromatic nitrogens is 2. The van der Waals surface area contributed by atoms with Crippen molar-refractivity contribution in [3.63, 3.8) is 0 Å². The molecule has 0 bridgehead atoms. The number of hydrogen-bond donors (Lipinski definition) is 1. The molecular formula is C15H27N3O. The van der Waals surface area contributed by atoms with Crippen LogP contribution in [0, 0.1) is 5.92 Å². The van der Waals surface area contributed by atoms with Gasteiger partial charge in [-0.25, -0.2) is 4.98 Å². The van der Waals surface area contributed by atoms with Crippen LogP contribution in [-0.4, -0.2) is 29.3 Å². The molecule has 1 N–H and O–H groups in total. The van der Waals surface area contributed by atoms with Gasteiger partial charge in [0.1, 0.15) is 5.82 Å². The standard InChI is InChI=1S/C15H27N3O/c1-5-15-17-12-9-16-8-7-13(12)18(15)14(11(3)4)10-19-6-2/h11,14,16H,5-10H2,1-4H3. The molecule has 1 aliphatic rings. The van der Waals surface area contributed by atoms with Crippen molar-refractivity contribution in [2.24, 2.45) is 5.92 Å². The molecule has 1 aromatic rings. The van der Waals surface area contributed by atoms with Crippen molar-refractivity contribution in [1.82, 2.24) is 14.9 Å². The Labute approximate surface area is 116 Å². The molecule has 0 fully saturated rings. The third-order valence-corrected chi connectivity index (χ3v) is 3.91. The highest BCUT2D eigenvalue weighted by atomic mass is 16.5. The molecule has 1 aromatic heterocycles. The van der Waals surface area contributed by atoms with Gasteiger partial charge < -0.3 is 14.6 Å². The first-order valence-corrected chi connectivity index (χ1v) is 7.56. The molecule has 0 aromatic carbocycles. The molecule has 0 spiro atoms. The first-order chi connectivity index (χ1) is 9.19. The van der Waals surface area contributed by atoms with Gasteiger partial charge in [-0.15, -0.1) is 0 Å². The van der Waals surface area contributed by atoms with Crippen LogP contribution in [-0.2, 0) is 24.1 Å². The van der Waals surface area contributed by atoms with E-state index in [1.807, 2.05) is 0 Å². The summed E-state index contributed by atoms with van der Waals surface area (Å²) in [5.74, 6) is 1.78. The summed E-state index contributed by atoms with van der Waals surface area (Å²) in [6, 6.07) is 0.407. The van der Waals surface area contributed by atoms with Crippen molar-refractivity contribution in [3.8, 4) is 0 Å². The van der Waals surface area contributed by atoms with Crippen LogP contribution in [0.25, 0.3) is 0 Å². The maximum Gasteiger partial charge on any atom is 0.109 e. The van der Waals surface area contributed by atoms with E-state index >= 15 is 0 Å². The van der Waals surface area contributed by atoms with Crippen molar-refractivity contribution < 1.29 is 4.74 Å². The summed E-state index contributed by atoms with van der Waals surface area (Å²) in [7, 11) is 0. The number of imidazole rings is 1. The summed E-state index contributed by atoms with van der Waals surface area (Å²) >= 11 is 0. The molecule has 1 unspecified atom stereocenters. The average Bonchev–Trinajstić information content (AvgIpc) is 2.78. The molecule has 4 nitrogen and oxygen atoms in total. The second-order valence-corrected chi connectivity index (χ2v) is 5.54. The van der Waals surface area contributed by atoms with Crippen LogP contribution in [0.4, 0.5) is 0 Å². The van der Waals surface area contributed by atoms with Gasteiger partial charge in [-0.05, 0) is 12.8 Å². The van der Waals surface area contributed by atoms with Gasteiger partial charge in [0, 0.05) is 38.2 Å². The predicted octanol–water partition coefficient (Wildman–Crippen LogP) is 2.32. The second-order valence-electron chi connectivity index (χ2n) is 5.54. The van der Waals surface area contributed by atoms with Crippen molar-refractivity contribution in [2.75, 3.05) is 19.8 Å². The Morgan fingerprint density at radius 3 is 2.79 bits per heavy atom. The molecule has 0 amide bonds. The zero-order chi connectivity index (χ0) is 13.8. The normalized spacial score (nSPS) is 16.7. The highest BCUT2D eigenvalue weighted by molar-refractivity contribution is 5.21. The fraction of sp³-hybridized carbons (Fsp3) is 0.800. The van der Waals surface area contributed by atoms with Gasteiger partial charge in [-0.2, -0.15) is 0 Å². The summed E-state index contributed by atoms with van der Waals surface area (Å²) < 4.78 is 8.18. The lowest BCUT2D eigenvalue weighted by Crippen LogP contribution is -2.29. The molecule has 2 heterocycles. The van der Waals surface area contributed by atoms with Crippen molar-refractivity contribution in [1.29, 1.82) is 0 Å². The molecule has 0 aliphatic carbocycles. The molecule has 0 radical (unpaired) electrons. The molecule has 0 saturated heterocycles.